The fraction of sp³-hybridized carbons (Fsp3) is 0.889. The molecule has 3 nitrogen and oxygen atoms in total. The van der Waals surface area contributed by atoms with Crippen molar-refractivity contribution in [2.45, 2.75) is 39.7 Å². The highest BCUT2D eigenvalue weighted by molar-refractivity contribution is 5.78. The number of hydrogen-bond donors (Lipinski definition) is 2. The summed E-state index contributed by atoms with van der Waals surface area (Å²) < 4.78 is 0. The van der Waals surface area contributed by atoms with E-state index >= 15 is 0 Å². The van der Waals surface area contributed by atoms with E-state index in [9.17, 15) is 4.79 Å². The summed E-state index contributed by atoms with van der Waals surface area (Å²) in [6, 6.07) is 0.130. The van der Waals surface area contributed by atoms with Gasteiger partial charge in [0.2, 0.25) is 5.91 Å². The first kappa shape index (κ1) is 11.4. The van der Waals surface area contributed by atoms with Crippen molar-refractivity contribution in [1.29, 1.82) is 0 Å². The van der Waals surface area contributed by atoms with E-state index in [1.807, 2.05) is 20.8 Å². The average molecular weight is 173 g/mol. The van der Waals surface area contributed by atoms with Crippen molar-refractivity contribution in [3.63, 3.8) is 0 Å². The molecular formula is C9H19NO2. The van der Waals surface area contributed by atoms with Gasteiger partial charge in [0.15, 0.2) is 0 Å². The van der Waals surface area contributed by atoms with Crippen LogP contribution in [0.3, 0.4) is 0 Å². The Kier molecular flexibility index (Phi) is 5.72. The first-order valence-corrected chi connectivity index (χ1v) is 4.53. The Balaban J connectivity index is 3.77. The molecule has 2 N–H and O–H groups in total. The summed E-state index contributed by atoms with van der Waals surface area (Å²) in [6.45, 7) is 5.86. The number of rotatable bonds is 5. The molecule has 0 aromatic carbocycles. The Hall–Kier alpha value is -0.570. The summed E-state index contributed by atoms with van der Waals surface area (Å²) in [5.41, 5.74) is 0. The Morgan fingerprint density at radius 2 is 2.08 bits per heavy atom. The van der Waals surface area contributed by atoms with E-state index in [-0.39, 0.29) is 24.5 Å². The molecule has 0 saturated carbocycles. The zero-order valence-corrected chi connectivity index (χ0v) is 8.13. The molecule has 0 spiro atoms. The van der Waals surface area contributed by atoms with Crippen molar-refractivity contribution >= 4 is 5.91 Å². The molecule has 0 radical (unpaired) electrons. The maximum absolute atomic E-state index is 11.2. The average Bonchev–Trinajstić information content (AvgIpc) is 2.03. The molecule has 12 heavy (non-hydrogen) atoms. The maximum atomic E-state index is 11.2. The third-order valence-electron chi connectivity index (χ3n) is 1.84. The molecule has 1 unspecified atom stereocenters. The van der Waals surface area contributed by atoms with Crippen molar-refractivity contribution in [1.82, 2.24) is 5.32 Å². The summed E-state index contributed by atoms with van der Waals surface area (Å²) in [6.07, 6.45) is 1.52. The van der Waals surface area contributed by atoms with Gasteiger partial charge in [0.1, 0.15) is 0 Å². The van der Waals surface area contributed by atoms with E-state index in [1.165, 1.54) is 0 Å². The predicted octanol–water partition coefficient (Wildman–Crippen LogP) is 0.920. The minimum absolute atomic E-state index is 0.0257. The highest BCUT2D eigenvalue weighted by Crippen LogP contribution is 1.99. The number of aliphatic hydroxyl groups is 1. The van der Waals surface area contributed by atoms with Crippen LogP contribution in [0.5, 0.6) is 0 Å². The molecule has 1 atom stereocenters. The van der Waals surface area contributed by atoms with Gasteiger partial charge in [0.05, 0.1) is 0 Å². The van der Waals surface area contributed by atoms with Gasteiger partial charge in [-0.15, -0.1) is 0 Å². The summed E-state index contributed by atoms with van der Waals surface area (Å²) in [5, 5.41) is 11.5. The van der Waals surface area contributed by atoms with Gasteiger partial charge in [0, 0.05) is 18.6 Å². The fourth-order valence-corrected chi connectivity index (χ4v) is 0.902. The summed E-state index contributed by atoms with van der Waals surface area (Å²) in [5.74, 6) is 0.0908. The molecule has 0 aromatic heterocycles. The topological polar surface area (TPSA) is 49.3 Å². The van der Waals surface area contributed by atoms with Gasteiger partial charge >= 0.3 is 0 Å². The highest BCUT2D eigenvalue weighted by Gasteiger charge is 2.11. The van der Waals surface area contributed by atoms with Crippen LogP contribution in [-0.4, -0.2) is 23.7 Å². The van der Waals surface area contributed by atoms with Gasteiger partial charge in [-0.2, -0.15) is 0 Å². The SMILES string of the molecule is CCC(CCO)NC(=O)C(C)C. The van der Waals surface area contributed by atoms with Gasteiger partial charge in [-0.1, -0.05) is 20.8 Å². The van der Waals surface area contributed by atoms with Crippen LogP contribution in [0, 0.1) is 5.92 Å². The van der Waals surface area contributed by atoms with E-state index in [1.54, 1.807) is 0 Å². The zero-order chi connectivity index (χ0) is 9.56. The molecule has 0 aliphatic carbocycles. The molecule has 1 amide bonds. The summed E-state index contributed by atoms with van der Waals surface area (Å²) >= 11 is 0. The first-order chi connectivity index (χ1) is 5.61. The van der Waals surface area contributed by atoms with Crippen LogP contribution >= 0.6 is 0 Å². The largest absolute Gasteiger partial charge is 0.396 e. The number of aliphatic hydroxyl groups excluding tert-OH is 1. The molecule has 0 heterocycles. The lowest BCUT2D eigenvalue weighted by Gasteiger charge is -2.16. The standard InChI is InChI=1S/C9H19NO2/c1-4-8(5-6-11)10-9(12)7(2)3/h7-8,11H,4-6H2,1-3H3,(H,10,12). The quantitative estimate of drug-likeness (QED) is 0.649. The van der Waals surface area contributed by atoms with Crippen molar-refractivity contribution in [2.75, 3.05) is 6.61 Å². The Morgan fingerprint density at radius 1 is 1.50 bits per heavy atom. The lowest BCUT2D eigenvalue weighted by Crippen LogP contribution is -2.37. The first-order valence-electron chi connectivity index (χ1n) is 4.53. The van der Waals surface area contributed by atoms with Gasteiger partial charge in [0.25, 0.3) is 0 Å². The molecule has 0 aliphatic rings. The van der Waals surface area contributed by atoms with Crippen LogP contribution in [0.25, 0.3) is 0 Å². The molecule has 72 valence electrons. The van der Waals surface area contributed by atoms with E-state index in [0.717, 1.165) is 6.42 Å². The normalized spacial score (nSPS) is 13.1. The number of nitrogens with one attached hydrogen (secondary N) is 1. The van der Waals surface area contributed by atoms with Gasteiger partial charge in [-0.25, -0.2) is 0 Å². The second-order valence-corrected chi connectivity index (χ2v) is 3.28. The lowest BCUT2D eigenvalue weighted by molar-refractivity contribution is -0.124. The summed E-state index contributed by atoms with van der Waals surface area (Å²) in [4.78, 5) is 11.2. The third-order valence-corrected chi connectivity index (χ3v) is 1.84. The Bertz CT molecular complexity index is 134. The third kappa shape index (κ3) is 4.34. The fourth-order valence-electron chi connectivity index (χ4n) is 0.902. The van der Waals surface area contributed by atoms with Crippen molar-refractivity contribution < 1.29 is 9.90 Å². The van der Waals surface area contributed by atoms with Gasteiger partial charge in [-0.3, -0.25) is 4.79 Å². The molecule has 0 aliphatic heterocycles. The van der Waals surface area contributed by atoms with Crippen LogP contribution in [0.15, 0.2) is 0 Å². The monoisotopic (exact) mass is 173 g/mol. The maximum Gasteiger partial charge on any atom is 0.222 e. The predicted molar refractivity (Wildman–Crippen MR) is 48.8 cm³/mol. The lowest BCUT2D eigenvalue weighted by atomic mass is 10.1. The van der Waals surface area contributed by atoms with Crippen LogP contribution in [0.2, 0.25) is 0 Å². The van der Waals surface area contributed by atoms with Crippen LogP contribution < -0.4 is 5.32 Å². The molecule has 0 fully saturated rings. The second kappa shape index (κ2) is 6.00. The molecule has 0 aromatic rings. The summed E-state index contributed by atoms with van der Waals surface area (Å²) in [7, 11) is 0. The van der Waals surface area contributed by atoms with E-state index in [4.69, 9.17) is 5.11 Å². The van der Waals surface area contributed by atoms with E-state index in [2.05, 4.69) is 5.32 Å². The molecule has 0 saturated heterocycles. The highest BCUT2D eigenvalue weighted by atomic mass is 16.3. The van der Waals surface area contributed by atoms with E-state index < -0.39 is 0 Å². The van der Waals surface area contributed by atoms with Crippen molar-refractivity contribution in [2.24, 2.45) is 5.92 Å². The van der Waals surface area contributed by atoms with Gasteiger partial charge < -0.3 is 10.4 Å². The molecule has 0 rings (SSSR count). The van der Waals surface area contributed by atoms with Crippen LogP contribution in [0.4, 0.5) is 0 Å². The van der Waals surface area contributed by atoms with Gasteiger partial charge in [-0.05, 0) is 12.8 Å². The van der Waals surface area contributed by atoms with Crippen LogP contribution in [0.1, 0.15) is 33.6 Å². The zero-order valence-electron chi connectivity index (χ0n) is 8.13. The minimum Gasteiger partial charge on any atom is -0.396 e. The number of amides is 1. The van der Waals surface area contributed by atoms with Crippen molar-refractivity contribution in [3.8, 4) is 0 Å². The second-order valence-electron chi connectivity index (χ2n) is 3.28. The molecular weight excluding hydrogens is 154 g/mol. The number of hydrogen-bond acceptors (Lipinski definition) is 2. The van der Waals surface area contributed by atoms with E-state index in [0.29, 0.717) is 6.42 Å². The number of carbonyl (C=O) groups is 1. The smallest absolute Gasteiger partial charge is 0.222 e. The molecule has 3 heteroatoms. The Labute approximate surface area is 74.2 Å². The minimum atomic E-state index is 0.0257. The number of carbonyl (C=O) groups excluding carboxylic acids is 1. The Morgan fingerprint density at radius 3 is 2.42 bits per heavy atom. The van der Waals surface area contributed by atoms with Crippen LogP contribution in [-0.2, 0) is 4.79 Å². The molecule has 0 bridgehead atoms. The van der Waals surface area contributed by atoms with Crippen molar-refractivity contribution in [3.05, 3.63) is 0 Å².